The number of hydrogen-bond donors (Lipinski definition) is 2. The molecule has 0 unspecified atom stereocenters. The first-order valence-electron chi connectivity index (χ1n) is 4.72. The van der Waals surface area contributed by atoms with E-state index in [-0.39, 0.29) is 18.8 Å². The van der Waals surface area contributed by atoms with Crippen molar-refractivity contribution in [3.63, 3.8) is 0 Å². The maximum atomic E-state index is 11.1. The van der Waals surface area contributed by atoms with Crippen molar-refractivity contribution in [2.45, 2.75) is 12.8 Å². The van der Waals surface area contributed by atoms with Gasteiger partial charge in [0.25, 0.3) is 5.96 Å². The molecule has 1 saturated heterocycles. The monoisotopic (exact) mass is 243 g/mol. The van der Waals surface area contributed by atoms with E-state index >= 15 is 0 Å². The van der Waals surface area contributed by atoms with Gasteiger partial charge in [-0.1, -0.05) is 0 Å². The van der Waals surface area contributed by atoms with E-state index in [9.17, 15) is 9.59 Å². The first-order valence-corrected chi connectivity index (χ1v) is 4.72. The molecule has 9 nitrogen and oxygen atoms in total. The molecule has 0 saturated carbocycles. The molecular formula is C8H13N5O4. The summed E-state index contributed by atoms with van der Waals surface area (Å²) >= 11 is 0. The van der Waals surface area contributed by atoms with Crippen LogP contribution in [0.3, 0.4) is 0 Å². The molecule has 0 aromatic heterocycles. The Bertz CT molecular complexity index is 360. The number of carbonyl (C=O) groups is 2. The van der Waals surface area contributed by atoms with E-state index in [0.717, 1.165) is 0 Å². The second-order valence-corrected chi connectivity index (χ2v) is 3.37. The van der Waals surface area contributed by atoms with Gasteiger partial charge in [-0.3, -0.25) is 5.41 Å². The Balaban J connectivity index is 2.79. The lowest BCUT2D eigenvalue weighted by Crippen LogP contribution is -2.40. The molecule has 0 radical (unpaired) electrons. The highest BCUT2D eigenvalue weighted by Crippen LogP contribution is 2.07. The molecule has 1 fully saturated rings. The van der Waals surface area contributed by atoms with E-state index in [2.05, 4.69) is 14.7 Å². The summed E-state index contributed by atoms with van der Waals surface area (Å²) < 4.78 is 0. The van der Waals surface area contributed by atoms with E-state index in [1.807, 2.05) is 0 Å². The highest BCUT2D eigenvalue weighted by atomic mass is 17.0. The lowest BCUT2D eigenvalue weighted by atomic mass is 10.3. The van der Waals surface area contributed by atoms with Crippen LogP contribution in [0.4, 0.5) is 0 Å². The van der Waals surface area contributed by atoms with Gasteiger partial charge in [-0.25, -0.2) is 9.59 Å². The molecule has 3 N–H and O–H groups in total. The van der Waals surface area contributed by atoms with E-state index in [1.165, 1.54) is 4.90 Å². The van der Waals surface area contributed by atoms with Crippen LogP contribution in [0.15, 0.2) is 4.99 Å². The summed E-state index contributed by atoms with van der Waals surface area (Å²) in [6.45, 7) is 0. The lowest BCUT2D eigenvalue weighted by Gasteiger charge is -2.17. The van der Waals surface area contributed by atoms with Crippen molar-refractivity contribution in [2.75, 3.05) is 14.1 Å². The Morgan fingerprint density at radius 3 is 2.24 bits per heavy atom. The molecule has 0 bridgehead atoms. The highest BCUT2D eigenvalue weighted by molar-refractivity contribution is 5.93. The summed E-state index contributed by atoms with van der Waals surface area (Å²) in [5.74, 6) is -1.91. The van der Waals surface area contributed by atoms with Crippen molar-refractivity contribution in [2.24, 2.45) is 10.7 Å². The normalized spacial score (nSPS) is 17.1. The molecule has 0 aromatic carbocycles. The van der Waals surface area contributed by atoms with Crippen LogP contribution in [0.25, 0.3) is 0 Å². The second-order valence-electron chi connectivity index (χ2n) is 3.37. The third-order valence-corrected chi connectivity index (χ3v) is 1.73. The molecule has 0 aliphatic carbocycles. The van der Waals surface area contributed by atoms with Gasteiger partial charge in [0.15, 0.2) is 0 Å². The number of hydrogen-bond acceptors (Lipinski definition) is 5. The van der Waals surface area contributed by atoms with Gasteiger partial charge in [-0.05, 0) is 0 Å². The molecule has 0 spiro atoms. The molecule has 0 atom stereocenters. The summed E-state index contributed by atoms with van der Waals surface area (Å²) in [5.41, 5.74) is 5.44. The van der Waals surface area contributed by atoms with Gasteiger partial charge in [-0.15, -0.1) is 0 Å². The number of nitrogens with zero attached hydrogens (tertiary/aromatic N) is 3. The smallest absolute Gasteiger partial charge is 0.337 e. The molecule has 17 heavy (non-hydrogen) atoms. The van der Waals surface area contributed by atoms with Crippen molar-refractivity contribution in [1.29, 1.82) is 5.41 Å². The third-order valence-electron chi connectivity index (χ3n) is 1.73. The van der Waals surface area contributed by atoms with Crippen LogP contribution in [-0.2, 0) is 19.3 Å². The van der Waals surface area contributed by atoms with Crippen molar-refractivity contribution in [1.82, 2.24) is 10.1 Å². The zero-order chi connectivity index (χ0) is 13.0. The summed E-state index contributed by atoms with van der Waals surface area (Å²) in [6, 6.07) is 0. The average molecular weight is 243 g/mol. The summed E-state index contributed by atoms with van der Waals surface area (Å²) in [7, 11) is 3.17. The summed E-state index contributed by atoms with van der Waals surface area (Å²) in [5, 5.41) is 7.81. The maximum absolute atomic E-state index is 11.1. The van der Waals surface area contributed by atoms with Gasteiger partial charge in [-0.2, -0.15) is 4.99 Å². The van der Waals surface area contributed by atoms with Crippen molar-refractivity contribution in [3.8, 4) is 0 Å². The lowest BCUT2D eigenvalue weighted by molar-refractivity contribution is -0.276. The molecular weight excluding hydrogens is 230 g/mol. The third kappa shape index (κ3) is 3.63. The average Bonchev–Trinajstić information content (AvgIpc) is 2.40. The van der Waals surface area contributed by atoms with Crippen LogP contribution in [0.2, 0.25) is 0 Å². The highest BCUT2D eigenvalue weighted by Gasteiger charge is 2.25. The standard InChI is InChI=1S/C8H13N5O4/c1-12(2)7(9)11-8(10)13-16-5(14)3-4-6(15)17-13/h3-4H2,1-2H3,(H3,9,10,11). The van der Waals surface area contributed by atoms with Gasteiger partial charge in [0.1, 0.15) is 0 Å². The van der Waals surface area contributed by atoms with Crippen LogP contribution in [0.5, 0.6) is 0 Å². The second kappa shape index (κ2) is 5.14. The Morgan fingerprint density at radius 1 is 1.35 bits per heavy atom. The van der Waals surface area contributed by atoms with Crippen LogP contribution in [0.1, 0.15) is 12.8 Å². The van der Waals surface area contributed by atoms with Crippen LogP contribution < -0.4 is 5.73 Å². The molecule has 1 heterocycles. The Morgan fingerprint density at radius 2 is 1.82 bits per heavy atom. The molecule has 1 aliphatic rings. The predicted molar refractivity (Wildman–Crippen MR) is 56.3 cm³/mol. The fourth-order valence-corrected chi connectivity index (χ4v) is 0.842. The van der Waals surface area contributed by atoms with Gasteiger partial charge in [0, 0.05) is 19.3 Å². The SMILES string of the molecule is CN(C)C(=N)/N=C(\N)N1OC(=O)CCC(=O)O1. The van der Waals surface area contributed by atoms with Crippen LogP contribution in [-0.4, -0.2) is 48.1 Å². The molecule has 1 aliphatic heterocycles. The van der Waals surface area contributed by atoms with Gasteiger partial charge < -0.3 is 20.3 Å². The Kier molecular flexibility index (Phi) is 3.86. The zero-order valence-electron chi connectivity index (χ0n) is 9.47. The molecule has 9 heteroatoms. The van der Waals surface area contributed by atoms with E-state index in [1.54, 1.807) is 14.1 Å². The largest absolute Gasteiger partial charge is 0.364 e. The topological polar surface area (TPSA) is 121 Å². The Hall–Kier alpha value is -2.32. The van der Waals surface area contributed by atoms with E-state index in [0.29, 0.717) is 5.23 Å². The van der Waals surface area contributed by atoms with Crippen molar-refractivity contribution in [3.05, 3.63) is 0 Å². The quantitative estimate of drug-likeness (QED) is 0.405. The fourth-order valence-electron chi connectivity index (χ4n) is 0.842. The minimum Gasteiger partial charge on any atom is -0.364 e. The van der Waals surface area contributed by atoms with E-state index in [4.69, 9.17) is 11.1 Å². The molecule has 0 aromatic rings. The number of nitrogens with two attached hydrogens (primary N) is 1. The van der Waals surface area contributed by atoms with E-state index < -0.39 is 17.9 Å². The first kappa shape index (κ1) is 12.7. The molecule has 94 valence electrons. The number of aliphatic imine (C=N–C) groups is 1. The summed E-state index contributed by atoms with van der Waals surface area (Å²) in [4.78, 5) is 36.3. The summed E-state index contributed by atoms with van der Waals surface area (Å²) in [6.07, 6.45) is -0.179. The number of nitrogens with one attached hydrogen (secondary N) is 1. The maximum Gasteiger partial charge on any atom is 0.337 e. The van der Waals surface area contributed by atoms with Crippen LogP contribution in [0, 0.1) is 5.41 Å². The van der Waals surface area contributed by atoms with Gasteiger partial charge in [0.2, 0.25) is 5.96 Å². The number of guanidine groups is 2. The number of hydroxylamine groups is 2. The predicted octanol–water partition coefficient (Wildman–Crippen LogP) is -1.19. The van der Waals surface area contributed by atoms with Crippen molar-refractivity contribution < 1.29 is 19.3 Å². The van der Waals surface area contributed by atoms with Crippen LogP contribution >= 0.6 is 0 Å². The molecule has 1 rings (SSSR count). The number of rotatable bonds is 0. The van der Waals surface area contributed by atoms with Gasteiger partial charge in [0.05, 0.1) is 12.8 Å². The fraction of sp³-hybridized carbons (Fsp3) is 0.500. The minimum atomic E-state index is -0.662. The minimum absolute atomic E-state index is 0.0895. The number of carbonyl (C=O) groups excluding carboxylic acids is 2. The first-order chi connectivity index (χ1) is 7.90. The zero-order valence-corrected chi connectivity index (χ0v) is 9.47. The molecule has 0 amide bonds. The Labute approximate surface area is 97.2 Å². The van der Waals surface area contributed by atoms with Crippen molar-refractivity contribution >= 4 is 23.9 Å². The van der Waals surface area contributed by atoms with Gasteiger partial charge >= 0.3 is 11.9 Å².